The number of aliphatic hydroxyl groups is 1. The Kier molecular flexibility index (Phi) is 4.49. The molecule has 1 heterocycles. The summed E-state index contributed by atoms with van der Waals surface area (Å²) in [6, 6.07) is 19.1. The molecule has 0 amide bonds. The Morgan fingerprint density at radius 1 is 1.09 bits per heavy atom. The van der Waals surface area contributed by atoms with Crippen molar-refractivity contribution in [3.63, 3.8) is 0 Å². The first-order chi connectivity index (χ1) is 11.2. The summed E-state index contributed by atoms with van der Waals surface area (Å²) in [5, 5.41) is 11.0. The SMILES string of the molecule is CCCC[C@@]1([C@@H](O)c2ccccc2)C(=O)O[C@H]1c1ccccc1. The molecule has 120 valence electrons. The van der Waals surface area contributed by atoms with Crippen LogP contribution in [0.4, 0.5) is 0 Å². The maximum Gasteiger partial charge on any atom is 0.319 e. The fourth-order valence-corrected chi connectivity index (χ4v) is 3.39. The fraction of sp³-hybridized carbons (Fsp3) is 0.350. The lowest BCUT2D eigenvalue weighted by atomic mass is 9.65. The van der Waals surface area contributed by atoms with Crippen molar-refractivity contribution in [2.24, 2.45) is 5.41 Å². The first-order valence-electron chi connectivity index (χ1n) is 8.19. The highest BCUT2D eigenvalue weighted by molar-refractivity contribution is 5.84. The van der Waals surface area contributed by atoms with Gasteiger partial charge in [0.15, 0.2) is 0 Å². The zero-order chi connectivity index (χ0) is 16.3. The third-order valence-electron chi connectivity index (χ3n) is 4.72. The number of carbonyl (C=O) groups is 1. The number of ether oxygens (including phenoxy) is 1. The number of hydrogen-bond donors (Lipinski definition) is 1. The van der Waals surface area contributed by atoms with Crippen molar-refractivity contribution in [3.8, 4) is 0 Å². The summed E-state index contributed by atoms with van der Waals surface area (Å²) in [7, 11) is 0. The van der Waals surface area contributed by atoms with Crippen LogP contribution < -0.4 is 0 Å². The Labute approximate surface area is 136 Å². The molecule has 1 fully saturated rings. The number of carbonyl (C=O) groups excluding carboxylic acids is 1. The maximum absolute atomic E-state index is 12.5. The Morgan fingerprint density at radius 3 is 2.26 bits per heavy atom. The molecule has 1 aliphatic heterocycles. The Morgan fingerprint density at radius 2 is 1.70 bits per heavy atom. The number of aliphatic hydroxyl groups excluding tert-OH is 1. The van der Waals surface area contributed by atoms with E-state index in [0.717, 1.165) is 24.0 Å². The van der Waals surface area contributed by atoms with Crippen LogP contribution >= 0.6 is 0 Å². The monoisotopic (exact) mass is 310 g/mol. The normalized spacial score (nSPS) is 24.6. The van der Waals surface area contributed by atoms with Gasteiger partial charge in [-0.3, -0.25) is 4.79 Å². The fourth-order valence-electron chi connectivity index (χ4n) is 3.39. The molecule has 23 heavy (non-hydrogen) atoms. The van der Waals surface area contributed by atoms with Crippen LogP contribution in [0.25, 0.3) is 0 Å². The minimum atomic E-state index is -0.890. The van der Waals surface area contributed by atoms with Crippen LogP contribution in [0.3, 0.4) is 0 Å². The standard InChI is InChI=1S/C20H22O3/c1-2-3-14-20(17(21)15-10-6-4-7-11-15)18(23-19(20)22)16-12-8-5-9-13-16/h4-13,17-18,21H,2-3,14H2,1H3/t17-,18-,20-/m0/s1. The van der Waals surface area contributed by atoms with Gasteiger partial charge < -0.3 is 9.84 Å². The molecule has 0 aromatic heterocycles. The number of benzene rings is 2. The molecule has 0 unspecified atom stereocenters. The smallest absolute Gasteiger partial charge is 0.319 e. The van der Waals surface area contributed by atoms with E-state index in [2.05, 4.69) is 6.92 Å². The average Bonchev–Trinajstić information content (AvgIpc) is 2.61. The van der Waals surface area contributed by atoms with Gasteiger partial charge in [0.1, 0.15) is 11.5 Å². The van der Waals surface area contributed by atoms with Gasteiger partial charge in [0, 0.05) is 0 Å². The number of hydrogen-bond acceptors (Lipinski definition) is 3. The third-order valence-corrected chi connectivity index (χ3v) is 4.72. The van der Waals surface area contributed by atoms with Gasteiger partial charge in [-0.05, 0) is 17.5 Å². The first-order valence-corrected chi connectivity index (χ1v) is 8.19. The van der Waals surface area contributed by atoms with Gasteiger partial charge in [-0.1, -0.05) is 80.4 Å². The summed E-state index contributed by atoms with van der Waals surface area (Å²) >= 11 is 0. The highest BCUT2D eigenvalue weighted by atomic mass is 16.6. The summed E-state index contributed by atoms with van der Waals surface area (Å²) in [5.41, 5.74) is 0.818. The predicted molar refractivity (Wildman–Crippen MR) is 88.6 cm³/mol. The Balaban J connectivity index is 2.00. The van der Waals surface area contributed by atoms with E-state index in [0.29, 0.717) is 6.42 Å². The maximum atomic E-state index is 12.5. The van der Waals surface area contributed by atoms with Gasteiger partial charge in [0.05, 0.1) is 6.10 Å². The van der Waals surface area contributed by atoms with Crippen LogP contribution in [0, 0.1) is 5.41 Å². The molecule has 3 rings (SSSR count). The number of esters is 1. The van der Waals surface area contributed by atoms with Crippen LogP contribution in [0.2, 0.25) is 0 Å². The lowest BCUT2D eigenvalue weighted by molar-refractivity contribution is -0.231. The van der Waals surface area contributed by atoms with Gasteiger partial charge in [0.2, 0.25) is 0 Å². The van der Waals surface area contributed by atoms with Crippen molar-refractivity contribution >= 4 is 5.97 Å². The molecule has 0 bridgehead atoms. The molecule has 0 aliphatic carbocycles. The Bertz CT molecular complexity index is 610. The van der Waals surface area contributed by atoms with E-state index in [9.17, 15) is 9.90 Å². The molecule has 0 radical (unpaired) electrons. The van der Waals surface area contributed by atoms with Gasteiger partial charge in [-0.25, -0.2) is 0 Å². The topological polar surface area (TPSA) is 46.5 Å². The van der Waals surface area contributed by atoms with E-state index < -0.39 is 17.6 Å². The van der Waals surface area contributed by atoms with Crippen LogP contribution in [0.5, 0.6) is 0 Å². The number of unbranched alkanes of at least 4 members (excludes halogenated alkanes) is 1. The zero-order valence-electron chi connectivity index (χ0n) is 13.3. The van der Waals surface area contributed by atoms with Crippen molar-refractivity contribution in [1.82, 2.24) is 0 Å². The second-order valence-electron chi connectivity index (χ2n) is 6.15. The summed E-state index contributed by atoms with van der Waals surface area (Å²) in [6.45, 7) is 2.09. The number of rotatable bonds is 6. The van der Waals surface area contributed by atoms with Crippen LogP contribution in [-0.4, -0.2) is 11.1 Å². The molecule has 1 N–H and O–H groups in total. The summed E-state index contributed by atoms with van der Waals surface area (Å²) in [5.74, 6) is -0.295. The summed E-state index contributed by atoms with van der Waals surface area (Å²) in [6.07, 6.45) is 1.22. The highest BCUT2D eigenvalue weighted by Crippen LogP contribution is 2.57. The van der Waals surface area contributed by atoms with Crippen molar-refractivity contribution in [2.75, 3.05) is 0 Å². The lowest BCUT2D eigenvalue weighted by Gasteiger charge is -2.50. The quantitative estimate of drug-likeness (QED) is 0.814. The molecule has 3 atom stereocenters. The van der Waals surface area contributed by atoms with Crippen molar-refractivity contribution in [2.45, 2.75) is 38.4 Å². The van der Waals surface area contributed by atoms with Crippen molar-refractivity contribution in [1.29, 1.82) is 0 Å². The summed E-state index contributed by atoms with van der Waals surface area (Å²) < 4.78 is 5.48. The molecule has 1 saturated heterocycles. The molecule has 2 aromatic rings. The first kappa shape index (κ1) is 15.8. The van der Waals surface area contributed by atoms with Crippen LogP contribution in [-0.2, 0) is 9.53 Å². The molecular weight excluding hydrogens is 288 g/mol. The van der Waals surface area contributed by atoms with E-state index in [1.165, 1.54) is 0 Å². The third kappa shape index (κ3) is 2.66. The highest BCUT2D eigenvalue weighted by Gasteiger charge is 2.62. The van der Waals surface area contributed by atoms with E-state index in [-0.39, 0.29) is 5.97 Å². The molecule has 3 nitrogen and oxygen atoms in total. The van der Waals surface area contributed by atoms with E-state index in [1.54, 1.807) is 0 Å². The van der Waals surface area contributed by atoms with Gasteiger partial charge in [-0.2, -0.15) is 0 Å². The molecular formula is C20H22O3. The predicted octanol–water partition coefficient (Wildman–Crippen LogP) is 4.19. The average molecular weight is 310 g/mol. The molecule has 1 aliphatic rings. The van der Waals surface area contributed by atoms with Gasteiger partial charge in [-0.15, -0.1) is 0 Å². The van der Waals surface area contributed by atoms with Crippen LogP contribution in [0.1, 0.15) is 49.5 Å². The second-order valence-corrected chi connectivity index (χ2v) is 6.15. The zero-order valence-corrected chi connectivity index (χ0v) is 13.3. The largest absolute Gasteiger partial charge is 0.456 e. The van der Waals surface area contributed by atoms with E-state index >= 15 is 0 Å². The minimum Gasteiger partial charge on any atom is -0.456 e. The lowest BCUT2D eigenvalue weighted by Crippen LogP contribution is -2.54. The summed E-state index contributed by atoms with van der Waals surface area (Å²) in [4.78, 5) is 12.5. The van der Waals surface area contributed by atoms with E-state index in [4.69, 9.17) is 4.74 Å². The van der Waals surface area contributed by atoms with Gasteiger partial charge in [0.25, 0.3) is 0 Å². The van der Waals surface area contributed by atoms with Gasteiger partial charge >= 0.3 is 5.97 Å². The molecule has 0 spiro atoms. The van der Waals surface area contributed by atoms with E-state index in [1.807, 2.05) is 60.7 Å². The second kappa shape index (κ2) is 6.55. The van der Waals surface area contributed by atoms with Crippen LogP contribution in [0.15, 0.2) is 60.7 Å². The van der Waals surface area contributed by atoms with Crippen molar-refractivity contribution < 1.29 is 14.6 Å². The minimum absolute atomic E-state index is 0.295. The number of cyclic esters (lactones) is 1. The Hall–Kier alpha value is -2.13. The molecule has 3 heteroatoms. The molecule has 2 aromatic carbocycles. The van der Waals surface area contributed by atoms with Crippen molar-refractivity contribution in [3.05, 3.63) is 71.8 Å². The molecule has 0 saturated carbocycles.